The Balaban J connectivity index is 2.45. The number of nitrogens with one attached hydrogen (secondary N) is 1. The summed E-state index contributed by atoms with van der Waals surface area (Å²) >= 11 is 0. The highest BCUT2D eigenvalue weighted by molar-refractivity contribution is 5.44. The van der Waals surface area contributed by atoms with Gasteiger partial charge in [0.1, 0.15) is 11.6 Å². The second kappa shape index (κ2) is 4.62. The molecule has 17 heavy (non-hydrogen) atoms. The van der Waals surface area contributed by atoms with Crippen LogP contribution in [0.15, 0.2) is 24.5 Å². The van der Waals surface area contributed by atoms with Crippen molar-refractivity contribution in [2.24, 2.45) is 0 Å². The van der Waals surface area contributed by atoms with E-state index in [-0.39, 0.29) is 5.92 Å². The van der Waals surface area contributed by atoms with Gasteiger partial charge in [-0.05, 0) is 36.6 Å². The van der Waals surface area contributed by atoms with Crippen LogP contribution in [0.1, 0.15) is 35.4 Å². The van der Waals surface area contributed by atoms with E-state index in [4.69, 9.17) is 4.74 Å². The second-order valence-electron chi connectivity index (χ2n) is 4.37. The van der Waals surface area contributed by atoms with Crippen LogP contribution in [0.4, 0.5) is 0 Å². The molecular formula is C14H18N2O. The van der Waals surface area contributed by atoms with Crippen LogP contribution >= 0.6 is 0 Å². The normalized spacial score (nSPS) is 12.5. The molecule has 1 N–H and O–H groups in total. The SMILES string of the molecule is COc1cc(C(C)c2ncc[nH]2)c(C)cc1C. The van der Waals surface area contributed by atoms with E-state index < -0.39 is 0 Å². The first-order valence-electron chi connectivity index (χ1n) is 5.78. The monoisotopic (exact) mass is 230 g/mol. The van der Waals surface area contributed by atoms with Crippen LogP contribution in [-0.2, 0) is 0 Å². The predicted molar refractivity (Wildman–Crippen MR) is 68.6 cm³/mol. The van der Waals surface area contributed by atoms with Crippen LogP contribution in [-0.4, -0.2) is 17.1 Å². The molecule has 1 aromatic carbocycles. The van der Waals surface area contributed by atoms with E-state index in [1.807, 2.05) is 6.20 Å². The van der Waals surface area contributed by atoms with Crippen LogP contribution in [0.2, 0.25) is 0 Å². The van der Waals surface area contributed by atoms with Crippen molar-refractivity contribution in [3.63, 3.8) is 0 Å². The molecule has 2 rings (SSSR count). The van der Waals surface area contributed by atoms with Gasteiger partial charge in [0.05, 0.1) is 7.11 Å². The largest absolute Gasteiger partial charge is 0.496 e. The molecule has 0 amide bonds. The van der Waals surface area contributed by atoms with Crippen LogP contribution in [0.5, 0.6) is 5.75 Å². The lowest BCUT2D eigenvalue weighted by molar-refractivity contribution is 0.411. The second-order valence-corrected chi connectivity index (χ2v) is 4.37. The predicted octanol–water partition coefficient (Wildman–Crippen LogP) is 3.19. The average molecular weight is 230 g/mol. The molecule has 1 atom stereocenters. The Kier molecular flexibility index (Phi) is 3.18. The van der Waals surface area contributed by atoms with Gasteiger partial charge in [0.2, 0.25) is 0 Å². The summed E-state index contributed by atoms with van der Waals surface area (Å²) in [5.74, 6) is 2.17. The number of aromatic amines is 1. The fraction of sp³-hybridized carbons (Fsp3) is 0.357. The molecule has 0 fully saturated rings. The fourth-order valence-corrected chi connectivity index (χ4v) is 2.20. The zero-order valence-electron chi connectivity index (χ0n) is 10.7. The molecule has 0 bridgehead atoms. The zero-order valence-corrected chi connectivity index (χ0v) is 10.7. The molecule has 0 saturated carbocycles. The van der Waals surface area contributed by atoms with Crippen LogP contribution in [0, 0.1) is 13.8 Å². The number of imidazole rings is 1. The maximum Gasteiger partial charge on any atom is 0.122 e. The van der Waals surface area contributed by atoms with Crippen molar-refractivity contribution in [3.8, 4) is 5.75 Å². The Morgan fingerprint density at radius 2 is 2.00 bits per heavy atom. The fourth-order valence-electron chi connectivity index (χ4n) is 2.20. The summed E-state index contributed by atoms with van der Waals surface area (Å²) < 4.78 is 5.38. The van der Waals surface area contributed by atoms with E-state index in [2.05, 4.69) is 42.9 Å². The quantitative estimate of drug-likeness (QED) is 0.879. The van der Waals surface area contributed by atoms with Gasteiger partial charge in [-0.25, -0.2) is 4.98 Å². The van der Waals surface area contributed by atoms with Crippen LogP contribution in [0.3, 0.4) is 0 Å². The maximum absolute atomic E-state index is 5.38. The van der Waals surface area contributed by atoms with E-state index in [1.54, 1.807) is 13.3 Å². The van der Waals surface area contributed by atoms with Gasteiger partial charge in [-0.2, -0.15) is 0 Å². The molecule has 2 aromatic rings. The number of methoxy groups -OCH3 is 1. The molecule has 3 heteroatoms. The molecule has 0 aliphatic rings. The van der Waals surface area contributed by atoms with E-state index in [0.29, 0.717) is 0 Å². The number of nitrogens with zero attached hydrogens (tertiary/aromatic N) is 1. The van der Waals surface area contributed by atoms with Crippen molar-refractivity contribution in [1.29, 1.82) is 0 Å². The first-order valence-corrected chi connectivity index (χ1v) is 5.78. The first-order chi connectivity index (χ1) is 8.13. The van der Waals surface area contributed by atoms with Crippen molar-refractivity contribution in [3.05, 3.63) is 47.0 Å². The topological polar surface area (TPSA) is 37.9 Å². The molecule has 1 aromatic heterocycles. The van der Waals surface area contributed by atoms with Crippen molar-refractivity contribution < 1.29 is 4.74 Å². The van der Waals surface area contributed by atoms with E-state index >= 15 is 0 Å². The van der Waals surface area contributed by atoms with E-state index in [9.17, 15) is 0 Å². The molecule has 0 aliphatic heterocycles. The minimum atomic E-state index is 0.250. The first kappa shape index (κ1) is 11.7. The van der Waals surface area contributed by atoms with Gasteiger partial charge in [0.15, 0.2) is 0 Å². The molecule has 3 nitrogen and oxygen atoms in total. The summed E-state index contributed by atoms with van der Waals surface area (Å²) in [5, 5.41) is 0. The molecule has 0 aliphatic carbocycles. The number of hydrogen-bond acceptors (Lipinski definition) is 2. The van der Waals surface area contributed by atoms with Crippen molar-refractivity contribution in [1.82, 2.24) is 9.97 Å². The number of benzene rings is 1. The van der Waals surface area contributed by atoms with Gasteiger partial charge >= 0.3 is 0 Å². The standard InChI is InChI=1S/C14H18N2O/c1-9-7-10(2)13(17-4)8-12(9)11(3)14-15-5-6-16-14/h5-8,11H,1-4H3,(H,15,16). The van der Waals surface area contributed by atoms with Gasteiger partial charge in [0, 0.05) is 18.3 Å². The molecular weight excluding hydrogens is 212 g/mol. The highest BCUT2D eigenvalue weighted by atomic mass is 16.5. The third-order valence-corrected chi connectivity index (χ3v) is 3.18. The number of aromatic nitrogens is 2. The Hall–Kier alpha value is -1.77. The zero-order chi connectivity index (χ0) is 12.4. The summed E-state index contributed by atoms with van der Waals surface area (Å²) in [6.45, 7) is 6.34. The summed E-state index contributed by atoms with van der Waals surface area (Å²) in [6.07, 6.45) is 3.64. The molecule has 1 unspecified atom stereocenters. The molecule has 0 saturated heterocycles. The lowest BCUT2D eigenvalue weighted by Gasteiger charge is -2.15. The Labute approximate surface area is 102 Å². The third-order valence-electron chi connectivity index (χ3n) is 3.18. The Morgan fingerprint density at radius 1 is 1.24 bits per heavy atom. The number of rotatable bonds is 3. The van der Waals surface area contributed by atoms with Crippen LogP contribution < -0.4 is 4.74 Å². The summed E-state index contributed by atoms with van der Waals surface area (Å²) in [6, 6.07) is 4.27. The smallest absolute Gasteiger partial charge is 0.122 e. The molecule has 0 spiro atoms. The Bertz CT molecular complexity index is 503. The minimum absolute atomic E-state index is 0.250. The highest BCUT2D eigenvalue weighted by Crippen LogP contribution is 2.30. The lowest BCUT2D eigenvalue weighted by atomic mass is 9.94. The number of H-pyrrole nitrogens is 1. The highest BCUT2D eigenvalue weighted by Gasteiger charge is 2.15. The van der Waals surface area contributed by atoms with Crippen molar-refractivity contribution >= 4 is 0 Å². The maximum atomic E-state index is 5.38. The summed E-state index contributed by atoms with van der Waals surface area (Å²) in [7, 11) is 1.71. The van der Waals surface area contributed by atoms with Gasteiger partial charge in [-0.15, -0.1) is 0 Å². The van der Waals surface area contributed by atoms with Gasteiger partial charge in [0.25, 0.3) is 0 Å². The average Bonchev–Trinajstić information content (AvgIpc) is 2.82. The van der Waals surface area contributed by atoms with E-state index in [0.717, 1.165) is 11.6 Å². The number of ether oxygens (including phenoxy) is 1. The van der Waals surface area contributed by atoms with Crippen LogP contribution in [0.25, 0.3) is 0 Å². The molecule has 0 radical (unpaired) electrons. The summed E-state index contributed by atoms with van der Waals surface area (Å²) in [4.78, 5) is 7.48. The van der Waals surface area contributed by atoms with Crippen molar-refractivity contribution in [2.45, 2.75) is 26.7 Å². The molecule has 90 valence electrons. The molecule has 1 heterocycles. The Morgan fingerprint density at radius 3 is 2.59 bits per heavy atom. The summed E-state index contributed by atoms with van der Waals surface area (Å²) in [5.41, 5.74) is 3.69. The lowest BCUT2D eigenvalue weighted by Crippen LogP contribution is -2.02. The van der Waals surface area contributed by atoms with Gasteiger partial charge in [-0.1, -0.05) is 13.0 Å². The van der Waals surface area contributed by atoms with E-state index in [1.165, 1.54) is 16.7 Å². The number of hydrogen-bond donors (Lipinski definition) is 1. The number of aryl methyl sites for hydroxylation is 2. The van der Waals surface area contributed by atoms with Crippen molar-refractivity contribution in [2.75, 3.05) is 7.11 Å². The van der Waals surface area contributed by atoms with Gasteiger partial charge < -0.3 is 9.72 Å². The van der Waals surface area contributed by atoms with Gasteiger partial charge in [-0.3, -0.25) is 0 Å². The third kappa shape index (κ3) is 2.18. The minimum Gasteiger partial charge on any atom is -0.496 e.